The molecule has 0 saturated carbocycles. The van der Waals surface area contributed by atoms with E-state index < -0.39 is 0 Å². The Morgan fingerprint density at radius 1 is 1.09 bits per heavy atom. The summed E-state index contributed by atoms with van der Waals surface area (Å²) >= 11 is 1.46. The van der Waals surface area contributed by atoms with Gasteiger partial charge in [0.15, 0.2) is 11.0 Å². The van der Waals surface area contributed by atoms with E-state index in [-0.39, 0.29) is 5.56 Å². The van der Waals surface area contributed by atoms with E-state index in [1.54, 1.807) is 4.57 Å². The van der Waals surface area contributed by atoms with E-state index in [0.717, 1.165) is 47.4 Å². The Bertz CT molecular complexity index is 1520. The van der Waals surface area contributed by atoms with Gasteiger partial charge in [0.2, 0.25) is 11.7 Å². The fraction of sp³-hybridized carbons (Fsp3) is 0.292. The first-order valence-electron chi connectivity index (χ1n) is 11.0. The highest BCUT2D eigenvalue weighted by Crippen LogP contribution is 2.26. The zero-order valence-corrected chi connectivity index (χ0v) is 19.6. The number of aryl methyl sites for hydroxylation is 3. The summed E-state index contributed by atoms with van der Waals surface area (Å²) in [5.41, 5.74) is 3.57. The lowest BCUT2D eigenvalue weighted by Crippen LogP contribution is -2.22. The van der Waals surface area contributed by atoms with Gasteiger partial charge in [0.1, 0.15) is 0 Å². The van der Waals surface area contributed by atoms with Crippen molar-refractivity contribution in [2.75, 3.05) is 0 Å². The second kappa shape index (κ2) is 8.82. The minimum absolute atomic E-state index is 0.119. The summed E-state index contributed by atoms with van der Waals surface area (Å²) in [6.45, 7) is 6.17. The van der Waals surface area contributed by atoms with Gasteiger partial charge in [-0.2, -0.15) is 4.98 Å². The first-order chi connectivity index (χ1) is 16.1. The number of thioether (sulfide) groups is 1. The molecule has 0 unspecified atom stereocenters. The van der Waals surface area contributed by atoms with Crippen LogP contribution in [0, 0.1) is 13.8 Å². The second-order valence-electron chi connectivity index (χ2n) is 8.06. The van der Waals surface area contributed by atoms with Crippen LogP contribution in [0.4, 0.5) is 0 Å². The molecule has 0 bridgehead atoms. The zero-order chi connectivity index (χ0) is 22.9. The van der Waals surface area contributed by atoms with Crippen LogP contribution >= 0.6 is 11.8 Å². The topological polar surface area (TPSA) is 91.1 Å². The van der Waals surface area contributed by atoms with Crippen LogP contribution in [0.2, 0.25) is 0 Å². The molecule has 5 rings (SSSR count). The predicted molar refractivity (Wildman–Crippen MR) is 128 cm³/mol. The minimum Gasteiger partial charge on any atom is -0.338 e. The van der Waals surface area contributed by atoms with Crippen molar-refractivity contribution in [3.63, 3.8) is 0 Å². The number of fused-ring (bicyclic) bond motifs is 3. The Morgan fingerprint density at radius 2 is 1.94 bits per heavy atom. The number of unbranched alkanes of at least 4 members (excludes halogenated alkanes) is 1. The molecule has 33 heavy (non-hydrogen) atoms. The van der Waals surface area contributed by atoms with E-state index in [9.17, 15) is 4.79 Å². The van der Waals surface area contributed by atoms with Gasteiger partial charge in [-0.3, -0.25) is 9.20 Å². The summed E-state index contributed by atoms with van der Waals surface area (Å²) in [5.74, 6) is 2.22. The van der Waals surface area contributed by atoms with Crippen molar-refractivity contribution in [3.05, 3.63) is 75.7 Å². The monoisotopic (exact) mass is 460 g/mol. The van der Waals surface area contributed by atoms with E-state index in [4.69, 9.17) is 4.52 Å². The molecule has 3 heterocycles. The average Bonchev–Trinajstić information content (AvgIpc) is 3.44. The first kappa shape index (κ1) is 21.4. The van der Waals surface area contributed by atoms with Crippen LogP contribution in [-0.2, 0) is 12.2 Å². The summed E-state index contributed by atoms with van der Waals surface area (Å²) in [6, 6.07) is 13.6. The van der Waals surface area contributed by atoms with Gasteiger partial charge in [-0.15, -0.1) is 10.2 Å². The SMILES string of the molecule is CCCCc1noc(CSc2nnc3n(-c4ccc(C)cc4C)c(=O)c4ccccc4n23)n1. The van der Waals surface area contributed by atoms with Gasteiger partial charge in [0.05, 0.1) is 22.3 Å². The molecular formula is C24H24N6O2S. The fourth-order valence-corrected chi connectivity index (χ4v) is 4.73. The first-order valence-corrected chi connectivity index (χ1v) is 12.0. The van der Waals surface area contributed by atoms with Crippen molar-refractivity contribution < 1.29 is 4.52 Å². The third-order valence-corrected chi connectivity index (χ3v) is 6.49. The molecule has 0 aliphatic rings. The quantitative estimate of drug-likeness (QED) is 0.326. The lowest BCUT2D eigenvalue weighted by atomic mass is 10.1. The van der Waals surface area contributed by atoms with Crippen molar-refractivity contribution in [1.82, 2.24) is 29.3 Å². The zero-order valence-electron chi connectivity index (χ0n) is 18.8. The molecular weight excluding hydrogens is 436 g/mol. The number of hydrogen-bond donors (Lipinski definition) is 0. The number of aromatic nitrogens is 6. The molecule has 0 radical (unpaired) electrons. The van der Waals surface area contributed by atoms with E-state index >= 15 is 0 Å². The van der Waals surface area contributed by atoms with E-state index in [2.05, 4.69) is 33.3 Å². The molecule has 168 valence electrons. The van der Waals surface area contributed by atoms with E-state index in [1.807, 2.05) is 54.6 Å². The van der Waals surface area contributed by atoms with E-state index in [1.165, 1.54) is 11.8 Å². The molecule has 2 aromatic carbocycles. The van der Waals surface area contributed by atoms with Crippen LogP contribution < -0.4 is 5.56 Å². The van der Waals surface area contributed by atoms with Gasteiger partial charge in [-0.05, 0) is 44.0 Å². The molecule has 5 aromatic rings. The number of benzene rings is 2. The lowest BCUT2D eigenvalue weighted by Gasteiger charge is -2.13. The molecule has 0 atom stereocenters. The maximum atomic E-state index is 13.5. The fourth-order valence-electron chi connectivity index (χ4n) is 3.96. The van der Waals surface area contributed by atoms with Crippen molar-refractivity contribution in [2.24, 2.45) is 0 Å². The average molecular weight is 461 g/mol. The Morgan fingerprint density at radius 3 is 2.76 bits per heavy atom. The Kier molecular flexibility index (Phi) is 5.72. The van der Waals surface area contributed by atoms with Crippen molar-refractivity contribution in [2.45, 2.75) is 50.9 Å². The van der Waals surface area contributed by atoms with Gasteiger partial charge in [0, 0.05) is 6.42 Å². The number of nitrogens with zero attached hydrogens (tertiary/aromatic N) is 6. The summed E-state index contributed by atoms with van der Waals surface area (Å²) in [4.78, 5) is 18.0. The van der Waals surface area contributed by atoms with Crippen LogP contribution in [0.5, 0.6) is 0 Å². The third kappa shape index (κ3) is 3.93. The second-order valence-corrected chi connectivity index (χ2v) is 9.00. The van der Waals surface area contributed by atoms with Gasteiger partial charge in [0.25, 0.3) is 5.56 Å². The molecule has 0 fully saturated rings. The van der Waals surface area contributed by atoms with Gasteiger partial charge in [-0.25, -0.2) is 4.57 Å². The minimum atomic E-state index is -0.119. The maximum absolute atomic E-state index is 13.5. The number of para-hydroxylation sites is 1. The van der Waals surface area contributed by atoms with Gasteiger partial charge < -0.3 is 4.52 Å². The highest BCUT2D eigenvalue weighted by Gasteiger charge is 2.19. The Labute approximate surface area is 194 Å². The highest BCUT2D eigenvalue weighted by molar-refractivity contribution is 7.98. The molecule has 0 aliphatic heterocycles. The summed E-state index contributed by atoms with van der Waals surface area (Å²) < 4.78 is 8.97. The molecule has 0 N–H and O–H groups in total. The molecule has 8 nitrogen and oxygen atoms in total. The van der Waals surface area contributed by atoms with Gasteiger partial charge >= 0.3 is 0 Å². The number of rotatable bonds is 7. The third-order valence-electron chi connectivity index (χ3n) is 5.58. The molecule has 0 aliphatic carbocycles. The largest absolute Gasteiger partial charge is 0.338 e. The van der Waals surface area contributed by atoms with Crippen molar-refractivity contribution >= 4 is 28.4 Å². The molecule has 0 spiro atoms. The van der Waals surface area contributed by atoms with Gasteiger partial charge in [-0.1, -0.05) is 60.1 Å². The summed E-state index contributed by atoms with van der Waals surface area (Å²) in [7, 11) is 0. The van der Waals surface area contributed by atoms with Crippen LogP contribution in [-0.4, -0.2) is 29.3 Å². The van der Waals surface area contributed by atoms with Crippen LogP contribution in [0.1, 0.15) is 42.6 Å². The van der Waals surface area contributed by atoms with Crippen LogP contribution in [0.15, 0.2) is 56.9 Å². The molecule has 9 heteroatoms. The molecule has 0 amide bonds. The summed E-state index contributed by atoms with van der Waals surface area (Å²) in [6.07, 6.45) is 2.92. The van der Waals surface area contributed by atoms with Crippen LogP contribution in [0.25, 0.3) is 22.4 Å². The highest BCUT2D eigenvalue weighted by atomic mass is 32.2. The molecule has 0 saturated heterocycles. The predicted octanol–water partition coefficient (Wildman–Crippen LogP) is 4.67. The molecule has 3 aromatic heterocycles. The maximum Gasteiger partial charge on any atom is 0.267 e. The van der Waals surface area contributed by atoms with Crippen LogP contribution in [0.3, 0.4) is 0 Å². The van der Waals surface area contributed by atoms with E-state index in [0.29, 0.717) is 28.0 Å². The van der Waals surface area contributed by atoms with Crippen molar-refractivity contribution in [3.8, 4) is 5.69 Å². The van der Waals surface area contributed by atoms with Crippen molar-refractivity contribution in [1.29, 1.82) is 0 Å². The standard InChI is InChI=1S/C24H24N6O2S/c1-4-5-10-20-25-21(32-28-20)14-33-24-27-26-23-29(18-12-11-15(2)13-16(18)3)22(31)17-8-6-7-9-19(17)30(23)24/h6-9,11-13H,4-5,10,14H2,1-3H3. The Balaban J connectivity index is 1.61. The Hall–Kier alpha value is -3.46. The summed E-state index contributed by atoms with van der Waals surface area (Å²) in [5, 5.41) is 14.2. The lowest BCUT2D eigenvalue weighted by molar-refractivity contribution is 0.384. The normalized spacial score (nSPS) is 11.6. The number of hydrogen-bond acceptors (Lipinski definition) is 7. The smallest absolute Gasteiger partial charge is 0.267 e.